The third kappa shape index (κ3) is 4.53. The summed E-state index contributed by atoms with van der Waals surface area (Å²) in [6.45, 7) is 7.31. The molecule has 0 bridgehead atoms. The molecule has 0 heterocycles. The lowest BCUT2D eigenvalue weighted by Crippen LogP contribution is -2.40. The Morgan fingerprint density at radius 2 is 1.31 bits per heavy atom. The van der Waals surface area contributed by atoms with Crippen LogP contribution in [-0.4, -0.2) is 22.7 Å². The second-order valence-corrected chi connectivity index (χ2v) is 6.52. The molecule has 2 aromatic carbocycles. The minimum atomic E-state index is -1.51. The van der Waals surface area contributed by atoms with Gasteiger partial charge in [-0.1, -0.05) is 24.3 Å². The van der Waals surface area contributed by atoms with E-state index in [1.165, 1.54) is 0 Å². The largest absolute Gasteiger partial charge is 0.367 e. The molecule has 0 aliphatic carbocycles. The summed E-state index contributed by atoms with van der Waals surface area (Å²) in [5.74, 6) is -4.71. The van der Waals surface area contributed by atoms with Gasteiger partial charge in [0.25, 0.3) is 10.5 Å². The van der Waals surface area contributed by atoms with Crippen molar-refractivity contribution in [1.82, 2.24) is 0 Å². The Hall–Kier alpha value is -1.67. The molecule has 0 N–H and O–H groups in total. The molecular formula is C19H20F3O3Si. The molecule has 0 saturated heterocycles. The van der Waals surface area contributed by atoms with Gasteiger partial charge in [0.05, 0.1) is 12.2 Å². The number of ether oxygens (including phenoxy) is 2. The van der Waals surface area contributed by atoms with Crippen molar-refractivity contribution in [1.29, 1.82) is 0 Å². The predicted octanol–water partition coefficient (Wildman–Crippen LogP) is 4.83. The molecule has 0 atom stereocenters. The van der Waals surface area contributed by atoms with Crippen LogP contribution in [0.15, 0.2) is 36.4 Å². The monoisotopic (exact) mass is 381 g/mol. The van der Waals surface area contributed by atoms with Gasteiger partial charge in [-0.05, 0) is 39.3 Å². The summed E-state index contributed by atoms with van der Waals surface area (Å²) in [4.78, 5) is 0. The van der Waals surface area contributed by atoms with Crippen LogP contribution < -0.4 is 0 Å². The average Bonchev–Trinajstić information content (AvgIpc) is 2.57. The van der Waals surface area contributed by atoms with Gasteiger partial charge in [-0.15, -0.1) is 0 Å². The first-order chi connectivity index (χ1) is 12.2. The van der Waals surface area contributed by atoms with Gasteiger partial charge < -0.3 is 13.9 Å². The van der Waals surface area contributed by atoms with Gasteiger partial charge >= 0.3 is 5.97 Å². The zero-order valence-corrected chi connectivity index (χ0v) is 16.0. The Kier molecular flexibility index (Phi) is 6.62. The first kappa shape index (κ1) is 20.6. The van der Waals surface area contributed by atoms with E-state index >= 15 is 0 Å². The smallest absolute Gasteiger partial charge is 0.302 e. The molecule has 0 unspecified atom stereocenters. The number of halogens is 3. The normalized spacial score (nSPS) is 12.2. The maximum atomic E-state index is 14.0. The van der Waals surface area contributed by atoms with Crippen LogP contribution in [-0.2, 0) is 19.9 Å². The summed E-state index contributed by atoms with van der Waals surface area (Å²) in [7, 11) is 3.01. The summed E-state index contributed by atoms with van der Waals surface area (Å²) in [5, 5.41) is 0. The van der Waals surface area contributed by atoms with E-state index in [1.54, 1.807) is 24.3 Å². The maximum absolute atomic E-state index is 14.0. The molecule has 26 heavy (non-hydrogen) atoms. The van der Waals surface area contributed by atoms with E-state index in [0.717, 1.165) is 6.07 Å². The topological polar surface area (TPSA) is 27.7 Å². The van der Waals surface area contributed by atoms with Crippen molar-refractivity contribution >= 4 is 10.5 Å². The first-order valence-electron chi connectivity index (χ1n) is 8.14. The van der Waals surface area contributed by atoms with E-state index in [0.29, 0.717) is 17.2 Å². The number of benzene rings is 2. The summed E-state index contributed by atoms with van der Waals surface area (Å²) in [5.41, 5.74) is 0.846. The molecule has 3 nitrogen and oxygen atoms in total. The molecule has 0 aromatic heterocycles. The predicted molar refractivity (Wildman–Crippen MR) is 92.7 cm³/mol. The molecule has 0 aliphatic heterocycles. The molecule has 3 radical (unpaired) electrons. The van der Waals surface area contributed by atoms with Crippen molar-refractivity contribution < 1.29 is 27.1 Å². The molecule has 0 spiro atoms. The second kappa shape index (κ2) is 8.35. The summed E-state index contributed by atoms with van der Waals surface area (Å²) < 4.78 is 57.5. The van der Waals surface area contributed by atoms with E-state index in [2.05, 4.69) is 10.5 Å². The third-order valence-corrected chi connectivity index (χ3v) is 3.74. The Labute approximate surface area is 154 Å². The van der Waals surface area contributed by atoms with Crippen LogP contribution in [0.2, 0.25) is 0 Å². The second-order valence-electron chi connectivity index (χ2n) is 6.31. The van der Waals surface area contributed by atoms with Crippen LogP contribution in [0.5, 0.6) is 0 Å². The molecule has 2 aromatic rings. The Morgan fingerprint density at radius 1 is 0.808 bits per heavy atom. The highest BCUT2D eigenvalue weighted by Crippen LogP contribution is 2.33. The van der Waals surface area contributed by atoms with E-state index in [1.807, 2.05) is 27.7 Å². The fourth-order valence-corrected chi connectivity index (χ4v) is 2.70. The van der Waals surface area contributed by atoms with Crippen molar-refractivity contribution in [3.63, 3.8) is 0 Å². The number of hydrogen-bond donors (Lipinski definition) is 0. The quantitative estimate of drug-likeness (QED) is 0.391. The first-order valence-corrected chi connectivity index (χ1v) is 8.55. The minimum Gasteiger partial charge on any atom is -0.367 e. The van der Waals surface area contributed by atoms with E-state index < -0.39 is 23.4 Å². The zero-order chi connectivity index (χ0) is 19.5. The lowest BCUT2D eigenvalue weighted by Gasteiger charge is -2.35. The van der Waals surface area contributed by atoms with Gasteiger partial charge in [-0.2, -0.15) is 0 Å². The number of rotatable bonds is 7. The SMILES string of the molecule is CC(C)OC(O[Si])(OC(C)C)c1ccc(-c2cc(F)c(F)cc2F)cc1. The molecule has 0 fully saturated rings. The fourth-order valence-electron chi connectivity index (χ4n) is 2.49. The van der Waals surface area contributed by atoms with Gasteiger partial charge in [0.15, 0.2) is 11.6 Å². The molecule has 0 saturated carbocycles. The standard InChI is InChI=1S/C19H20F3O3Si/c1-11(2)23-19(25-26,24-12(3)4)14-7-5-13(6-8-14)15-9-17(21)18(22)10-16(15)20/h5-12H,1-4H3. The highest BCUT2D eigenvalue weighted by atomic mass is 28.2. The Balaban J connectivity index is 2.44. The molecular weight excluding hydrogens is 361 g/mol. The lowest BCUT2D eigenvalue weighted by atomic mass is 10.0. The molecule has 0 amide bonds. The zero-order valence-electron chi connectivity index (χ0n) is 15.0. The van der Waals surface area contributed by atoms with Crippen LogP contribution in [0.25, 0.3) is 11.1 Å². The van der Waals surface area contributed by atoms with Crippen molar-refractivity contribution in [2.45, 2.75) is 45.9 Å². The van der Waals surface area contributed by atoms with Crippen molar-refractivity contribution in [3.8, 4) is 11.1 Å². The van der Waals surface area contributed by atoms with Crippen molar-refractivity contribution in [3.05, 3.63) is 59.4 Å². The maximum Gasteiger partial charge on any atom is 0.302 e. The van der Waals surface area contributed by atoms with Crippen molar-refractivity contribution in [2.24, 2.45) is 0 Å². The lowest BCUT2D eigenvalue weighted by molar-refractivity contribution is -0.378. The van der Waals surface area contributed by atoms with E-state index in [-0.39, 0.29) is 17.8 Å². The Bertz CT molecular complexity index is 738. The van der Waals surface area contributed by atoms with Crippen LogP contribution in [0.4, 0.5) is 13.2 Å². The summed E-state index contributed by atoms with van der Waals surface area (Å²) in [6.07, 6.45) is -0.429. The van der Waals surface area contributed by atoms with Gasteiger partial charge in [-0.3, -0.25) is 0 Å². The molecule has 2 rings (SSSR count). The molecule has 139 valence electrons. The van der Waals surface area contributed by atoms with Gasteiger partial charge in [-0.25, -0.2) is 13.2 Å². The fraction of sp³-hybridized carbons (Fsp3) is 0.368. The van der Waals surface area contributed by atoms with E-state index in [4.69, 9.17) is 13.9 Å². The molecule has 7 heteroatoms. The highest BCUT2D eigenvalue weighted by molar-refractivity contribution is 5.98. The van der Waals surface area contributed by atoms with Crippen LogP contribution in [0.1, 0.15) is 33.3 Å². The Morgan fingerprint density at radius 3 is 1.77 bits per heavy atom. The molecule has 0 aliphatic rings. The highest BCUT2D eigenvalue weighted by Gasteiger charge is 2.37. The van der Waals surface area contributed by atoms with Crippen LogP contribution in [0.3, 0.4) is 0 Å². The van der Waals surface area contributed by atoms with Gasteiger partial charge in [0.2, 0.25) is 0 Å². The minimum absolute atomic E-state index is 0.0464. The van der Waals surface area contributed by atoms with Crippen LogP contribution >= 0.6 is 0 Å². The van der Waals surface area contributed by atoms with E-state index in [9.17, 15) is 13.2 Å². The summed E-state index contributed by atoms with van der Waals surface area (Å²) in [6, 6.07) is 7.68. The third-order valence-electron chi connectivity index (χ3n) is 3.48. The summed E-state index contributed by atoms with van der Waals surface area (Å²) >= 11 is 0. The van der Waals surface area contributed by atoms with Gasteiger partial charge in [0.1, 0.15) is 5.82 Å². The average molecular weight is 381 g/mol. The van der Waals surface area contributed by atoms with Gasteiger partial charge in [0, 0.05) is 17.2 Å². The van der Waals surface area contributed by atoms with Crippen molar-refractivity contribution in [2.75, 3.05) is 0 Å². The number of hydrogen-bond acceptors (Lipinski definition) is 3. The van der Waals surface area contributed by atoms with Crippen LogP contribution in [0, 0.1) is 17.5 Å².